The number of para-hydroxylation sites is 1. The van der Waals surface area contributed by atoms with E-state index in [1.165, 1.54) is 12.8 Å². The average Bonchev–Trinajstić information content (AvgIpc) is 2.65. The Kier molecular flexibility index (Phi) is 4.59. The highest BCUT2D eigenvalue weighted by Gasteiger charge is 2.23. The Morgan fingerprint density at radius 2 is 2.22 bits per heavy atom. The molecule has 0 aromatic heterocycles. The molecule has 0 bridgehead atoms. The van der Waals surface area contributed by atoms with E-state index < -0.39 is 0 Å². The van der Waals surface area contributed by atoms with Gasteiger partial charge in [-0.05, 0) is 25.1 Å². The van der Waals surface area contributed by atoms with Gasteiger partial charge in [-0.15, -0.1) is 0 Å². The molecular formula is C14H20N2O2. The van der Waals surface area contributed by atoms with Crippen LogP contribution in [0.2, 0.25) is 0 Å². The van der Waals surface area contributed by atoms with Gasteiger partial charge in [0.05, 0.1) is 19.6 Å². The number of ether oxygens (including phenoxy) is 1. The lowest BCUT2D eigenvalue weighted by Crippen LogP contribution is -2.41. The van der Waals surface area contributed by atoms with E-state index >= 15 is 0 Å². The first-order valence-electron chi connectivity index (χ1n) is 6.40. The van der Waals surface area contributed by atoms with Crippen LogP contribution in [-0.4, -0.2) is 38.8 Å². The Morgan fingerprint density at radius 1 is 1.44 bits per heavy atom. The fourth-order valence-electron chi connectivity index (χ4n) is 2.35. The van der Waals surface area contributed by atoms with E-state index in [0.29, 0.717) is 6.42 Å². The number of hydrogen-bond acceptors (Lipinski definition) is 4. The third-order valence-corrected chi connectivity index (χ3v) is 3.29. The van der Waals surface area contributed by atoms with Crippen LogP contribution in [0.15, 0.2) is 30.3 Å². The summed E-state index contributed by atoms with van der Waals surface area (Å²) in [5.74, 6) is -0.148. The van der Waals surface area contributed by atoms with E-state index in [1.54, 1.807) is 0 Å². The maximum Gasteiger partial charge on any atom is 0.307 e. The Bertz CT molecular complexity index is 381. The second kappa shape index (κ2) is 6.40. The molecule has 18 heavy (non-hydrogen) atoms. The highest BCUT2D eigenvalue weighted by molar-refractivity contribution is 5.71. The lowest BCUT2D eigenvalue weighted by molar-refractivity contribution is -0.141. The van der Waals surface area contributed by atoms with Crippen LogP contribution in [-0.2, 0) is 9.53 Å². The maximum absolute atomic E-state index is 11.5. The van der Waals surface area contributed by atoms with Crippen molar-refractivity contribution in [3.05, 3.63) is 30.3 Å². The van der Waals surface area contributed by atoms with E-state index in [9.17, 15) is 4.79 Å². The largest absolute Gasteiger partial charge is 0.469 e. The zero-order chi connectivity index (χ0) is 12.8. The van der Waals surface area contributed by atoms with Crippen LogP contribution in [0.5, 0.6) is 0 Å². The van der Waals surface area contributed by atoms with Crippen molar-refractivity contribution in [2.24, 2.45) is 0 Å². The number of benzene rings is 1. The molecule has 1 aliphatic rings. The molecule has 1 heterocycles. The third kappa shape index (κ3) is 3.23. The predicted octanol–water partition coefficient (Wildman–Crippen LogP) is 1.42. The molecular weight excluding hydrogens is 228 g/mol. The van der Waals surface area contributed by atoms with Crippen molar-refractivity contribution in [1.82, 2.24) is 5.32 Å². The van der Waals surface area contributed by atoms with Crippen LogP contribution in [0, 0.1) is 0 Å². The molecule has 2 rings (SSSR count). The van der Waals surface area contributed by atoms with Gasteiger partial charge in [0.2, 0.25) is 0 Å². The minimum atomic E-state index is -0.148. The van der Waals surface area contributed by atoms with E-state index in [-0.39, 0.29) is 12.0 Å². The summed E-state index contributed by atoms with van der Waals surface area (Å²) in [6, 6.07) is 10.4. The summed E-state index contributed by atoms with van der Waals surface area (Å²) < 4.78 is 4.78. The molecule has 1 fully saturated rings. The molecule has 1 saturated heterocycles. The van der Waals surface area contributed by atoms with E-state index in [1.807, 2.05) is 18.2 Å². The summed E-state index contributed by atoms with van der Waals surface area (Å²) in [5, 5.41) is 3.38. The van der Waals surface area contributed by atoms with E-state index in [2.05, 4.69) is 22.3 Å². The normalized spacial score (nSPS) is 20.3. The monoisotopic (exact) mass is 248 g/mol. The van der Waals surface area contributed by atoms with E-state index in [0.717, 1.165) is 26.1 Å². The summed E-state index contributed by atoms with van der Waals surface area (Å²) in [4.78, 5) is 13.8. The first-order valence-corrected chi connectivity index (χ1v) is 6.40. The molecule has 0 amide bonds. The van der Waals surface area contributed by atoms with Gasteiger partial charge in [-0.1, -0.05) is 18.2 Å². The Balaban J connectivity index is 2.14. The number of nitrogens with zero attached hydrogens (tertiary/aromatic N) is 1. The lowest BCUT2D eigenvalue weighted by Gasteiger charge is -2.31. The van der Waals surface area contributed by atoms with Gasteiger partial charge in [-0.3, -0.25) is 4.79 Å². The van der Waals surface area contributed by atoms with Gasteiger partial charge in [-0.2, -0.15) is 0 Å². The van der Waals surface area contributed by atoms with Crippen molar-refractivity contribution in [2.75, 3.05) is 31.6 Å². The topological polar surface area (TPSA) is 41.6 Å². The molecule has 0 radical (unpaired) electrons. The van der Waals surface area contributed by atoms with Crippen LogP contribution in [0.25, 0.3) is 0 Å². The van der Waals surface area contributed by atoms with Gasteiger partial charge in [0.15, 0.2) is 0 Å². The van der Waals surface area contributed by atoms with Crippen LogP contribution in [0.4, 0.5) is 5.69 Å². The van der Waals surface area contributed by atoms with Crippen molar-refractivity contribution in [2.45, 2.75) is 18.9 Å². The number of esters is 1. The van der Waals surface area contributed by atoms with Gasteiger partial charge in [0, 0.05) is 18.8 Å². The molecule has 0 aliphatic carbocycles. The van der Waals surface area contributed by atoms with Gasteiger partial charge >= 0.3 is 5.97 Å². The van der Waals surface area contributed by atoms with Crippen molar-refractivity contribution >= 4 is 11.7 Å². The fraction of sp³-hybridized carbons (Fsp3) is 0.500. The first kappa shape index (κ1) is 12.9. The molecule has 1 N–H and O–H groups in total. The minimum Gasteiger partial charge on any atom is -0.469 e. The highest BCUT2D eigenvalue weighted by atomic mass is 16.5. The molecule has 1 atom stereocenters. The Morgan fingerprint density at radius 3 is 2.94 bits per heavy atom. The number of rotatable bonds is 3. The first-order chi connectivity index (χ1) is 8.81. The predicted molar refractivity (Wildman–Crippen MR) is 71.7 cm³/mol. The summed E-state index contributed by atoms with van der Waals surface area (Å²) in [6.45, 7) is 2.80. The number of hydrogen-bond donors (Lipinski definition) is 1. The summed E-state index contributed by atoms with van der Waals surface area (Å²) in [5.41, 5.74) is 1.18. The average molecular weight is 248 g/mol. The second-order valence-corrected chi connectivity index (χ2v) is 4.52. The van der Waals surface area contributed by atoms with Crippen LogP contribution >= 0.6 is 0 Å². The molecule has 0 spiro atoms. The van der Waals surface area contributed by atoms with Crippen LogP contribution in [0.3, 0.4) is 0 Å². The van der Waals surface area contributed by atoms with Crippen LogP contribution in [0.1, 0.15) is 12.8 Å². The molecule has 1 aliphatic heterocycles. The molecule has 4 heteroatoms. The standard InChI is InChI=1S/C14H20N2O2/c1-18-14(17)10-13-11-15-8-5-9-16(13)12-6-3-2-4-7-12/h2-4,6-7,13,15H,5,8-11H2,1H3. The lowest BCUT2D eigenvalue weighted by atomic mass is 10.1. The highest BCUT2D eigenvalue weighted by Crippen LogP contribution is 2.20. The fourth-order valence-corrected chi connectivity index (χ4v) is 2.35. The summed E-state index contributed by atoms with van der Waals surface area (Å²) >= 11 is 0. The van der Waals surface area contributed by atoms with Gasteiger partial charge in [0.1, 0.15) is 0 Å². The Labute approximate surface area is 108 Å². The zero-order valence-electron chi connectivity index (χ0n) is 10.8. The van der Waals surface area contributed by atoms with E-state index in [4.69, 9.17) is 4.74 Å². The number of methoxy groups -OCH3 is 1. The van der Waals surface area contributed by atoms with Crippen molar-refractivity contribution in [3.63, 3.8) is 0 Å². The minimum absolute atomic E-state index is 0.148. The molecule has 1 unspecified atom stereocenters. The van der Waals surface area contributed by atoms with Gasteiger partial charge < -0.3 is 15.0 Å². The second-order valence-electron chi connectivity index (χ2n) is 4.52. The maximum atomic E-state index is 11.5. The third-order valence-electron chi connectivity index (χ3n) is 3.29. The Hall–Kier alpha value is -1.55. The number of nitrogens with one attached hydrogen (secondary N) is 1. The molecule has 0 saturated carbocycles. The molecule has 4 nitrogen and oxygen atoms in total. The van der Waals surface area contributed by atoms with Crippen LogP contribution < -0.4 is 10.2 Å². The summed E-state index contributed by atoms with van der Waals surface area (Å²) in [7, 11) is 1.44. The smallest absolute Gasteiger partial charge is 0.307 e. The molecule has 98 valence electrons. The molecule has 1 aromatic carbocycles. The number of carbonyl (C=O) groups is 1. The number of carbonyl (C=O) groups excluding carboxylic acids is 1. The van der Waals surface area contributed by atoms with Gasteiger partial charge in [0.25, 0.3) is 0 Å². The van der Waals surface area contributed by atoms with Gasteiger partial charge in [-0.25, -0.2) is 0 Å². The zero-order valence-corrected chi connectivity index (χ0v) is 10.8. The molecule has 1 aromatic rings. The quantitative estimate of drug-likeness (QED) is 0.821. The number of anilines is 1. The SMILES string of the molecule is COC(=O)CC1CNCCCN1c1ccccc1. The summed E-state index contributed by atoms with van der Waals surface area (Å²) in [6.07, 6.45) is 1.52. The van der Waals surface area contributed by atoms with Crippen molar-refractivity contribution in [3.8, 4) is 0 Å². The van der Waals surface area contributed by atoms with Crippen molar-refractivity contribution < 1.29 is 9.53 Å². The van der Waals surface area contributed by atoms with Crippen molar-refractivity contribution in [1.29, 1.82) is 0 Å².